The van der Waals surface area contributed by atoms with Crippen LogP contribution in [-0.4, -0.2) is 29.7 Å². The first kappa shape index (κ1) is 12.7. The third-order valence-electron chi connectivity index (χ3n) is 2.90. The number of rotatable bonds is 3. The van der Waals surface area contributed by atoms with Gasteiger partial charge in [-0.05, 0) is 30.7 Å². The Balaban J connectivity index is 2.33. The van der Waals surface area contributed by atoms with Crippen LogP contribution < -0.4 is 10.2 Å². The SMILES string of the molecule is Cc1cc(Cl)ccc1N1C(=O)NCC1CC(=O)O. The molecule has 2 rings (SSSR count). The van der Waals surface area contributed by atoms with Crippen LogP contribution in [0.3, 0.4) is 0 Å². The maximum atomic E-state index is 11.8. The average molecular weight is 269 g/mol. The van der Waals surface area contributed by atoms with Gasteiger partial charge in [-0.2, -0.15) is 0 Å². The number of carboxylic acid groups (broad SMARTS) is 1. The van der Waals surface area contributed by atoms with E-state index in [-0.39, 0.29) is 18.5 Å². The highest BCUT2D eigenvalue weighted by atomic mass is 35.5. The lowest BCUT2D eigenvalue weighted by atomic mass is 10.1. The predicted molar refractivity (Wildman–Crippen MR) is 68.1 cm³/mol. The van der Waals surface area contributed by atoms with Crippen LogP contribution in [0.25, 0.3) is 0 Å². The van der Waals surface area contributed by atoms with Gasteiger partial charge in [-0.15, -0.1) is 0 Å². The molecule has 0 bridgehead atoms. The Kier molecular flexibility index (Phi) is 3.43. The van der Waals surface area contributed by atoms with Crippen LogP contribution in [0.15, 0.2) is 18.2 Å². The molecule has 0 spiro atoms. The summed E-state index contributed by atoms with van der Waals surface area (Å²) in [5.74, 6) is -0.923. The van der Waals surface area contributed by atoms with Crippen LogP contribution in [0.1, 0.15) is 12.0 Å². The van der Waals surface area contributed by atoms with Gasteiger partial charge in [0.25, 0.3) is 0 Å². The summed E-state index contributed by atoms with van der Waals surface area (Å²) in [4.78, 5) is 24.1. The summed E-state index contributed by atoms with van der Waals surface area (Å²) in [6, 6.07) is 4.53. The number of carbonyl (C=O) groups excluding carboxylic acids is 1. The van der Waals surface area contributed by atoms with Crippen LogP contribution in [0.4, 0.5) is 10.5 Å². The summed E-state index contributed by atoms with van der Waals surface area (Å²) >= 11 is 5.87. The van der Waals surface area contributed by atoms with Crippen molar-refractivity contribution in [1.29, 1.82) is 0 Å². The van der Waals surface area contributed by atoms with Crippen molar-refractivity contribution in [3.8, 4) is 0 Å². The Morgan fingerprint density at radius 1 is 1.61 bits per heavy atom. The highest BCUT2D eigenvalue weighted by Crippen LogP contribution is 2.28. The van der Waals surface area contributed by atoms with Crippen LogP contribution in [0.2, 0.25) is 5.02 Å². The standard InChI is InChI=1S/C12H13ClN2O3/c1-7-4-8(13)2-3-10(7)15-9(5-11(16)17)6-14-12(15)18/h2-4,9H,5-6H2,1H3,(H,14,18)(H,16,17). The molecule has 0 saturated carbocycles. The molecular weight excluding hydrogens is 256 g/mol. The van der Waals surface area contributed by atoms with Gasteiger partial charge in [0.2, 0.25) is 0 Å². The molecule has 1 atom stereocenters. The van der Waals surface area contributed by atoms with Gasteiger partial charge in [0.1, 0.15) is 0 Å². The maximum absolute atomic E-state index is 11.8. The minimum atomic E-state index is -0.923. The molecule has 1 aliphatic heterocycles. The zero-order chi connectivity index (χ0) is 13.3. The average Bonchev–Trinajstić information content (AvgIpc) is 2.60. The van der Waals surface area contributed by atoms with Crippen LogP contribution >= 0.6 is 11.6 Å². The molecule has 0 aliphatic carbocycles. The van der Waals surface area contributed by atoms with E-state index < -0.39 is 5.97 Å². The summed E-state index contributed by atoms with van der Waals surface area (Å²) in [5.41, 5.74) is 1.54. The number of nitrogens with one attached hydrogen (secondary N) is 1. The quantitative estimate of drug-likeness (QED) is 0.881. The Morgan fingerprint density at radius 3 is 2.94 bits per heavy atom. The lowest BCUT2D eigenvalue weighted by molar-refractivity contribution is -0.137. The molecule has 5 nitrogen and oxygen atoms in total. The zero-order valence-electron chi connectivity index (χ0n) is 9.81. The Morgan fingerprint density at radius 2 is 2.33 bits per heavy atom. The number of urea groups is 1. The summed E-state index contributed by atoms with van der Waals surface area (Å²) in [6.45, 7) is 2.18. The first-order chi connectivity index (χ1) is 8.49. The minimum absolute atomic E-state index is 0.0825. The summed E-state index contributed by atoms with van der Waals surface area (Å²) in [5, 5.41) is 12.1. The fourth-order valence-corrected chi connectivity index (χ4v) is 2.33. The molecule has 6 heteroatoms. The molecular formula is C12H13ClN2O3. The molecule has 1 aromatic carbocycles. The number of halogens is 1. The molecule has 1 aliphatic rings. The number of nitrogens with zero attached hydrogens (tertiary/aromatic N) is 1. The summed E-state index contributed by atoms with van der Waals surface area (Å²) in [7, 11) is 0. The Labute approximate surface area is 109 Å². The van der Waals surface area contributed by atoms with Crippen molar-refractivity contribution in [3.63, 3.8) is 0 Å². The van der Waals surface area contributed by atoms with E-state index >= 15 is 0 Å². The summed E-state index contributed by atoms with van der Waals surface area (Å²) in [6.07, 6.45) is -0.0825. The largest absolute Gasteiger partial charge is 0.481 e. The number of hydrogen-bond donors (Lipinski definition) is 2. The highest BCUT2D eigenvalue weighted by Gasteiger charge is 2.34. The van der Waals surface area contributed by atoms with Gasteiger partial charge in [-0.3, -0.25) is 9.69 Å². The molecule has 1 fully saturated rings. The lowest BCUT2D eigenvalue weighted by Crippen LogP contribution is -2.36. The zero-order valence-corrected chi connectivity index (χ0v) is 10.6. The van der Waals surface area contributed by atoms with Gasteiger partial charge in [-0.1, -0.05) is 11.6 Å². The molecule has 1 saturated heterocycles. The smallest absolute Gasteiger partial charge is 0.322 e. The third kappa shape index (κ3) is 2.41. The van der Waals surface area contributed by atoms with Gasteiger partial charge in [0.05, 0.1) is 12.5 Å². The first-order valence-electron chi connectivity index (χ1n) is 5.54. The maximum Gasteiger partial charge on any atom is 0.322 e. The topological polar surface area (TPSA) is 69.6 Å². The fraction of sp³-hybridized carbons (Fsp3) is 0.333. The van der Waals surface area contributed by atoms with Crippen molar-refractivity contribution < 1.29 is 14.7 Å². The third-order valence-corrected chi connectivity index (χ3v) is 3.14. The van der Waals surface area contributed by atoms with Gasteiger partial charge in [0.15, 0.2) is 0 Å². The Hall–Kier alpha value is -1.75. The molecule has 0 aromatic heterocycles. The van der Waals surface area contributed by atoms with Gasteiger partial charge >= 0.3 is 12.0 Å². The van der Waals surface area contributed by atoms with E-state index in [0.29, 0.717) is 17.3 Å². The molecule has 1 heterocycles. The molecule has 18 heavy (non-hydrogen) atoms. The van der Waals surface area contributed by atoms with E-state index in [4.69, 9.17) is 16.7 Å². The van der Waals surface area contributed by atoms with Gasteiger partial charge in [-0.25, -0.2) is 4.79 Å². The molecule has 2 N–H and O–H groups in total. The predicted octanol–water partition coefficient (Wildman–Crippen LogP) is 2.02. The van der Waals surface area contributed by atoms with Crippen LogP contribution in [0.5, 0.6) is 0 Å². The highest BCUT2D eigenvalue weighted by molar-refractivity contribution is 6.30. The number of carbonyl (C=O) groups is 2. The number of benzene rings is 1. The molecule has 1 unspecified atom stereocenters. The second-order valence-corrected chi connectivity index (χ2v) is 4.67. The van der Waals surface area contributed by atoms with Gasteiger partial charge < -0.3 is 10.4 Å². The normalized spacial score (nSPS) is 18.9. The fourth-order valence-electron chi connectivity index (χ4n) is 2.11. The van der Waals surface area contributed by atoms with E-state index in [1.165, 1.54) is 4.90 Å². The van der Waals surface area contributed by atoms with E-state index in [9.17, 15) is 9.59 Å². The number of carboxylic acids is 1. The van der Waals surface area contributed by atoms with Crippen molar-refractivity contribution in [3.05, 3.63) is 28.8 Å². The van der Waals surface area contributed by atoms with Gasteiger partial charge in [0, 0.05) is 17.3 Å². The monoisotopic (exact) mass is 268 g/mol. The number of aliphatic carboxylic acids is 1. The van der Waals surface area contributed by atoms with Crippen molar-refractivity contribution in [2.75, 3.05) is 11.4 Å². The second kappa shape index (κ2) is 4.86. The summed E-state index contributed by atoms with van der Waals surface area (Å²) < 4.78 is 0. The van der Waals surface area contributed by atoms with Crippen molar-refractivity contribution in [2.24, 2.45) is 0 Å². The minimum Gasteiger partial charge on any atom is -0.481 e. The molecule has 2 amide bonds. The van der Waals surface area contributed by atoms with E-state index in [0.717, 1.165) is 5.56 Å². The first-order valence-corrected chi connectivity index (χ1v) is 5.92. The van der Waals surface area contributed by atoms with E-state index in [1.54, 1.807) is 18.2 Å². The molecule has 1 aromatic rings. The Bertz CT molecular complexity index is 504. The number of hydrogen-bond acceptors (Lipinski definition) is 2. The lowest BCUT2D eigenvalue weighted by Gasteiger charge is -2.23. The molecule has 96 valence electrons. The second-order valence-electron chi connectivity index (χ2n) is 4.24. The number of amides is 2. The van der Waals surface area contributed by atoms with E-state index in [2.05, 4.69) is 5.32 Å². The number of anilines is 1. The van der Waals surface area contributed by atoms with Crippen LogP contribution in [-0.2, 0) is 4.79 Å². The van der Waals surface area contributed by atoms with Crippen molar-refractivity contribution in [2.45, 2.75) is 19.4 Å². The van der Waals surface area contributed by atoms with Crippen molar-refractivity contribution in [1.82, 2.24) is 5.32 Å². The van der Waals surface area contributed by atoms with Crippen LogP contribution in [0, 0.1) is 6.92 Å². The number of aryl methyl sites for hydroxylation is 1. The molecule has 0 radical (unpaired) electrons. The van der Waals surface area contributed by atoms with Crippen molar-refractivity contribution >= 4 is 29.3 Å². The van der Waals surface area contributed by atoms with E-state index in [1.807, 2.05) is 6.92 Å².